The zero-order valence-corrected chi connectivity index (χ0v) is 18.0. The van der Waals surface area contributed by atoms with Gasteiger partial charge in [0.2, 0.25) is 0 Å². The van der Waals surface area contributed by atoms with Crippen LogP contribution in [0, 0.1) is 28.5 Å². The van der Waals surface area contributed by atoms with Crippen LogP contribution in [0.15, 0.2) is 72.8 Å². The Hall–Kier alpha value is -3.18. The van der Waals surface area contributed by atoms with Gasteiger partial charge in [-0.25, -0.2) is 4.39 Å². The van der Waals surface area contributed by atoms with Gasteiger partial charge >= 0.3 is 0 Å². The lowest BCUT2D eigenvalue weighted by Crippen LogP contribution is -2.36. The number of nitrogens with zero attached hydrogens (tertiary/aromatic N) is 2. The lowest BCUT2D eigenvalue weighted by molar-refractivity contribution is 0.400. The topological polar surface area (TPSA) is 59.6 Å². The van der Waals surface area contributed by atoms with E-state index in [9.17, 15) is 14.9 Å². The van der Waals surface area contributed by atoms with Gasteiger partial charge in [-0.15, -0.1) is 0 Å². The van der Waals surface area contributed by atoms with Crippen LogP contribution in [0.5, 0.6) is 0 Å². The maximum absolute atomic E-state index is 13.4. The van der Waals surface area contributed by atoms with Gasteiger partial charge in [-0.2, -0.15) is 10.5 Å². The summed E-state index contributed by atoms with van der Waals surface area (Å²) in [6.45, 7) is 2.08. The molecule has 3 atom stereocenters. The van der Waals surface area contributed by atoms with Crippen molar-refractivity contribution in [2.45, 2.75) is 37.8 Å². The molecule has 0 aliphatic rings. The maximum Gasteiger partial charge on any atom is 0.123 e. The van der Waals surface area contributed by atoms with Gasteiger partial charge in [0, 0.05) is 23.0 Å². The summed E-state index contributed by atoms with van der Waals surface area (Å²) in [5, 5.41) is 22.9. The van der Waals surface area contributed by atoms with E-state index in [0.29, 0.717) is 10.6 Å². The molecule has 3 nitrogen and oxygen atoms in total. The third kappa shape index (κ3) is 6.15. The first kappa shape index (κ1) is 22.5. The monoisotopic (exact) mass is 431 g/mol. The molecule has 0 saturated carbocycles. The number of halogens is 2. The number of nitrogens with one attached hydrogen (secondary N) is 1. The summed E-state index contributed by atoms with van der Waals surface area (Å²) in [6.07, 6.45) is 1.00. The molecule has 0 aliphatic heterocycles. The first-order chi connectivity index (χ1) is 15.0. The molecule has 0 aromatic heterocycles. The van der Waals surface area contributed by atoms with E-state index in [-0.39, 0.29) is 30.2 Å². The van der Waals surface area contributed by atoms with Crippen molar-refractivity contribution in [2.75, 3.05) is 0 Å². The van der Waals surface area contributed by atoms with Crippen molar-refractivity contribution in [3.05, 3.63) is 106 Å². The van der Waals surface area contributed by atoms with Gasteiger partial charge in [-0.1, -0.05) is 48.0 Å². The second-order valence-corrected chi connectivity index (χ2v) is 8.03. The molecule has 0 fully saturated rings. The van der Waals surface area contributed by atoms with Crippen molar-refractivity contribution < 1.29 is 4.39 Å². The minimum Gasteiger partial charge on any atom is -0.306 e. The fourth-order valence-electron chi connectivity index (χ4n) is 3.79. The molecule has 0 bridgehead atoms. The van der Waals surface area contributed by atoms with Gasteiger partial charge in [0.1, 0.15) is 5.82 Å². The van der Waals surface area contributed by atoms with Gasteiger partial charge in [0.05, 0.1) is 24.1 Å². The molecule has 0 radical (unpaired) electrons. The van der Waals surface area contributed by atoms with Crippen molar-refractivity contribution >= 4 is 11.6 Å². The minimum atomic E-state index is -0.304. The van der Waals surface area contributed by atoms with Crippen LogP contribution >= 0.6 is 11.6 Å². The molecule has 156 valence electrons. The van der Waals surface area contributed by atoms with Crippen LogP contribution < -0.4 is 5.32 Å². The fourth-order valence-corrected chi connectivity index (χ4v) is 3.92. The predicted octanol–water partition coefficient (Wildman–Crippen LogP) is 6.31. The zero-order chi connectivity index (χ0) is 22.2. The quantitative estimate of drug-likeness (QED) is 0.454. The third-order valence-electron chi connectivity index (χ3n) is 5.45. The van der Waals surface area contributed by atoms with Crippen molar-refractivity contribution in [3.8, 4) is 12.1 Å². The van der Waals surface area contributed by atoms with Gasteiger partial charge in [-0.3, -0.25) is 0 Å². The summed E-state index contributed by atoms with van der Waals surface area (Å²) in [4.78, 5) is 0. The zero-order valence-electron chi connectivity index (χ0n) is 17.2. The van der Waals surface area contributed by atoms with Crippen LogP contribution in [0.1, 0.15) is 47.6 Å². The van der Waals surface area contributed by atoms with Crippen molar-refractivity contribution in [1.29, 1.82) is 10.5 Å². The molecular weight excluding hydrogens is 409 g/mol. The Kier molecular flexibility index (Phi) is 7.79. The highest BCUT2D eigenvalue weighted by molar-refractivity contribution is 6.30. The molecule has 1 N–H and O–H groups in total. The molecule has 0 saturated heterocycles. The number of rotatable bonds is 8. The SMILES string of the molecule is CC(N[C@@H](CC#N)c1ccc(F)cc1)C(Cc1ccc(Cl)cc1)c1cccc(C#N)c1. The largest absolute Gasteiger partial charge is 0.306 e. The predicted molar refractivity (Wildman–Crippen MR) is 121 cm³/mol. The number of hydrogen-bond donors (Lipinski definition) is 1. The number of hydrogen-bond acceptors (Lipinski definition) is 3. The highest BCUT2D eigenvalue weighted by Gasteiger charge is 2.24. The summed E-state index contributed by atoms with van der Waals surface area (Å²) in [5.74, 6) is -0.252. The Labute approximate surface area is 187 Å². The van der Waals surface area contributed by atoms with E-state index in [1.807, 2.05) is 42.5 Å². The molecule has 5 heteroatoms. The Balaban J connectivity index is 1.90. The minimum absolute atomic E-state index is 0.0203. The molecule has 2 unspecified atom stereocenters. The Morgan fingerprint density at radius 3 is 2.32 bits per heavy atom. The van der Waals surface area contributed by atoms with Gasteiger partial charge in [-0.05, 0) is 66.4 Å². The molecule has 0 heterocycles. The van der Waals surface area contributed by atoms with E-state index in [0.717, 1.165) is 23.1 Å². The van der Waals surface area contributed by atoms with Gasteiger partial charge < -0.3 is 5.32 Å². The van der Waals surface area contributed by atoms with Crippen molar-refractivity contribution in [1.82, 2.24) is 5.32 Å². The van der Waals surface area contributed by atoms with E-state index in [1.165, 1.54) is 12.1 Å². The lowest BCUT2D eigenvalue weighted by Gasteiger charge is -2.30. The van der Waals surface area contributed by atoms with Crippen molar-refractivity contribution in [3.63, 3.8) is 0 Å². The van der Waals surface area contributed by atoms with E-state index < -0.39 is 0 Å². The molecule has 3 rings (SSSR count). The lowest BCUT2D eigenvalue weighted by atomic mass is 9.85. The highest BCUT2D eigenvalue weighted by atomic mass is 35.5. The maximum atomic E-state index is 13.4. The summed E-state index contributed by atoms with van der Waals surface area (Å²) >= 11 is 6.04. The Morgan fingerprint density at radius 2 is 1.68 bits per heavy atom. The van der Waals surface area contributed by atoms with Crippen LogP contribution in [0.25, 0.3) is 0 Å². The average molecular weight is 432 g/mol. The standard InChI is InChI=1S/C26H23ClFN3/c1-18(31-26(13-14-29)21-7-11-24(28)12-8-21)25(16-19-5-9-23(27)10-6-19)22-4-2-3-20(15-22)17-30/h2-12,15,18,25-26,31H,13,16H2,1H3/t18?,25?,26-/m0/s1. The van der Waals surface area contributed by atoms with Crippen LogP contribution in [0.2, 0.25) is 5.02 Å². The van der Waals surface area contributed by atoms with Crippen LogP contribution in [-0.2, 0) is 6.42 Å². The van der Waals surface area contributed by atoms with E-state index in [4.69, 9.17) is 11.6 Å². The van der Waals surface area contributed by atoms with Crippen LogP contribution in [0.3, 0.4) is 0 Å². The van der Waals surface area contributed by atoms with Gasteiger partial charge in [0.25, 0.3) is 0 Å². The number of benzene rings is 3. The van der Waals surface area contributed by atoms with Gasteiger partial charge in [0.15, 0.2) is 0 Å². The summed E-state index contributed by atoms with van der Waals surface area (Å²) in [7, 11) is 0. The normalized spacial score (nSPS) is 13.6. The first-order valence-corrected chi connectivity index (χ1v) is 10.5. The Bertz CT molecular complexity index is 1080. The fraction of sp³-hybridized carbons (Fsp3) is 0.231. The molecule has 0 spiro atoms. The average Bonchev–Trinajstić information content (AvgIpc) is 2.79. The summed E-state index contributed by atoms with van der Waals surface area (Å²) in [5.41, 5.74) is 3.65. The molecule has 3 aromatic carbocycles. The first-order valence-electron chi connectivity index (χ1n) is 10.1. The molecule has 31 heavy (non-hydrogen) atoms. The van der Waals surface area contributed by atoms with E-state index in [1.54, 1.807) is 18.2 Å². The summed E-state index contributed by atoms with van der Waals surface area (Å²) < 4.78 is 13.4. The van der Waals surface area contributed by atoms with Crippen molar-refractivity contribution in [2.24, 2.45) is 0 Å². The second-order valence-electron chi connectivity index (χ2n) is 7.60. The molecule has 3 aromatic rings. The smallest absolute Gasteiger partial charge is 0.123 e. The number of nitriles is 2. The third-order valence-corrected chi connectivity index (χ3v) is 5.70. The van der Waals surface area contributed by atoms with Crippen LogP contribution in [-0.4, -0.2) is 6.04 Å². The molecular formula is C26H23ClFN3. The second kappa shape index (κ2) is 10.7. The highest BCUT2D eigenvalue weighted by Crippen LogP contribution is 2.29. The van der Waals surface area contributed by atoms with E-state index >= 15 is 0 Å². The summed E-state index contributed by atoms with van der Waals surface area (Å²) in [6, 6.07) is 25.8. The van der Waals surface area contributed by atoms with Crippen LogP contribution in [0.4, 0.5) is 4.39 Å². The Morgan fingerprint density at radius 1 is 0.968 bits per heavy atom. The molecule has 0 amide bonds. The van der Waals surface area contributed by atoms with E-state index in [2.05, 4.69) is 24.4 Å². The molecule has 0 aliphatic carbocycles.